The molecule has 9 heteroatoms. The van der Waals surface area contributed by atoms with Gasteiger partial charge in [0, 0.05) is 25.2 Å². The summed E-state index contributed by atoms with van der Waals surface area (Å²) in [4.78, 5) is 27.5. The monoisotopic (exact) mass is 481 g/mol. The Morgan fingerprint density at radius 1 is 0.971 bits per heavy atom. The molecule has 178 valence electrons. The van der Waals surface area contributed by atoms with Gasteiger partial charge in [0.05, 0.1) is 12.0 Å². The Morgan fingerprint density at radius 3 is 2.32 bits per heavy atom. The van der Waals surface area contributed by atoms with E-state index >= 15 is 0 Å². The van der Waals surface area contributed by atoms with Gasteiger partial charge in [0.25, 0.3) is 10.0 Å². The van der Waals surface area contributed by atoms with E-state index < -0.39 is 28.0 Å². The second-order valence-corrected chi connectivity index (χ2v) is 9.34. The highest BCUT2D eigenvalue weighted by molar-refractivity contribution is 7.90. The van der Waals surface area contributed by atoms with Crippen molar-refractivity contribution in [3.63, 3.8) is 0 Å². The normalized spacial score (nSPS) is 11.9. The number of carbonyl (C=O) groups excluding carboxylic acids is 2. The molecular weight excluding hydrogens is 454 g/mol. The average molecular weight is 482 g/mol. The number of hydrogen-bond acceptors (Lipinski definition) is 5. The first-order valence-electron chi connectivity index (χ1n) is 10.6. The van der Waals surface area contributed by atoms with Crippen molar-refractivity contribution in [3.05, 3.63) is 90.0 Å². The molecule has 0 saturated carbocycles. The first-order valence-corrected chi connectivity index (χ1v) is 12.0. The van der Waals surface area contributed by atoms with Crippen LogP contribution in [0.1, 0.15) is 11.1 Å². The molecule has 0 aliphatic rings. The number of hydrogen-bond donors (Lipinski definition) is 2. The Labute approximate surface area is 199 Å². The Hall–Kier alpha value is -3.85. The average Bonchev–Trinajstić information content (AvgIpc) is 2.83. The molecule has 0 heterocycles. The number of nitrogens with zero attached hydrogens (tertiary/aromatic N) is 1. The quantitative estimate of drug-likeness (QED) is 0.514. The van der Waals surface area contributed by atoms with E-state index in [1.54, 1.807) is 56.4 Å². The lowest BCUT2D eigenvalue weighted by atomic mass is 10.0. The smallest absolute Gasteiger partial charge is 0.329 e. The summed E-state index contributed by atoms with van der Waals surface area (Å²) in [5.41, 5.74) is 1.87. The first-order chi connectivity index (χ1) is 16.2. The van der Waals surface area contributed by atoms with E-state index in [1.165, 1.54) is 18.1 Å². The predicted molar refractivity (Wildman–Crippen MR) is 130 cm³/mol. The number of likely N-dealkylation sites (N-methyl/N-ethyl adjacent to an activating group) is 1. The number of benzene rings is 3. The van der Waals surface area contributed by atoms with Crippen LogP contribution in [0.5, 0.6) is 5.75 Å². The standard InChI is InChI=1S/C25H27N3O5S/c1-18-10-7-8-15-23(18)34(31,32)27-25(30)26-22(16-19-11-5-4-6-12-19)24(29)28(2)20-13-9-14-21(17-20)33-3/h4-15,17,22H,16H2,1-3H3,(H2,26,27,30)/t22-/m0/s1. The summed E-state index contributed by atoms with van der Waals surface area (Å²) < 4.78 is 32.7. The number of urea groups is 1. The molecule has 0 spiro atoms. The lowest BCUT2D eigenvalue weighted by Crippen LogP contribution is -2.52. The van der Waals surface area contributed by atoms with Gasteiger partial charge < -0.3 is 15.0 Å². The second-order valence-electron chi connectivity index (χ2n) is 7.69. The number of amides is 3. The van der Waals surface area contributed by atoms with Gasteiger partial charge in [-0.3, -0.25) is 4.79 Å². The molecule has 0 aliphatic carbocycles. The summed E-state index contributed by atoms with van der Waals surface area (Å²) in [5, 5.41) is 2.54. The topological polar surface area (TPSA) is 105 Å². The zero-order valence-electron chi connectivity index (χ0n) is 19.2. The maximum Gasteiger partial charge on any atom is 0.329 e. The van der Waals surface area contributed by atoms with Crippen molar-refractivity contribution in [1.29, 1.82) is 0 Å². The van der Waals surface area contributed by atoms with Crippen LogP contribution in [-0.2, 0) is 21.2 Å². The minimum Gasteiger partial charge on any atom is -0.497 e. The number of sulfonamides is 1. The number of anilines is 1. The van der Waals surface area contributed by atoms with E-state index in [1.807, 2.05) is 35.1 Å². The van der Waals surface area contributed by atoms with Crippen LogP contribution < -0.4 is 19.7 Å². The summed E-state index contributed by atoms with van der Waals surface area (Å²) in [5.74, 6) is 0.160. The van der Waals surface area contributed by atoms with Gasteiger partial charge in [-0.2, -0.15) is 0 Å². The van der Waals surface area contributed by atoms with E-state index in [0.717, 1.165) is 5.56 Å². The lowest BCUT2D eigenvalue weighted by Gasteiger charge is -2.25. The largest absolute Gasteiger partial charge is 0.497 e. The molecular formula is C25H27N3O5S. The van der Waals surface area contributed by atoms with Gasteiger partial charge >= 0.3 is 6.03 Å². The number of nitrogens with one attached hydrogen (secondary N) is 2. The third-order valence-corrected chi connectivity index (χ3v) is 6.76. The van der Waals surface area contributed by atoms with Gasteiger partial charge in [-0.25, -0.2) is 17.9 Å². The third-order valence-electron chi connectivity index (χ3n) is 5.27. The zero-order valence-corrected chi connectivity index (χ0v) is 20.0. The fourth-order valence-corrected chi connectivity index (χ4v) is 4.62. The molecule has 3 amide bonds. The van der Waals surface area contributed by atoms with E-state index in [-0.39, 0.29) is 11.3 Å². The lowest BCUT2D eigenvalue weighted by molar-refractivity contribution is -0.120. The second kappa shape index (κ2) is 10.8. The number of ether oxygens (including phenoxy) is 1. The fourth-order valence-electron chi connectivity index (χ4n) is 3.45. The van der Waals surface area contributed by atoms with Gasteiger partial charge in [0.1, 0.15) is 11.8 Å². The number of carbonyl (C=O) groups is 2. The fraction of sp³-hybridized carbons (Fsp3) is 0.200. The molecule has 2 N–H and O–H groups in total. The van der Waals surface area contributed by atoms with Crippen molar-refractivity contribution in [3.8, 4) is 5.75 Å². The van der Waals surface area contributed by atoms with Crippen molar-refractivity contribution in [1.82, 2.24) is 10.0 Å². The van der Waals surface area contributed by atoms with Gasteiger partial charge in [-0.1, -0.05) is 54.6 Å². The molecule has 34 heavy (non-hydrogen) atoms. The van der Waals surface area contributed by atoms with Gasteiger partial charge in [0.2, 0.25) is 5.91 Å². The highest BCUT2D eigenvalue weighted by Gasteiger charge is 2.28. The molecule has 0 fully saturated rings. The first kappa shape index (κ1) is 24.8. The maximum absolute atomic E-state index is 13.4. The summed E-state index contributed by atoms with van der Waals surface area (Å²) in [6.07, 6.45) is 0.172. The van der Waals surface area contributed by atoms with Crippen LogP contribution in [0.25, 0.3) is 0 Å². The predicted octanol–water partition coefficient (Wildman–Crippen LogP) is 3.27. The van der Waals surface area contributed by atoms with E-state index in [2.05, 4.69) is 5.32 Å². The Balaban J connectivity index is 1.83. The van der Waals surface area contributed by atoms with Crippen molar-refractivity contribution in [2.45, 2.75) is 24.3 Å². The Morgan fingerprint density at radius 2 is 1.65 bits per heavy atom. The van der Waals surface area contributed by atoms with Crippen LogP contribution in [-0.4, -0.2) is 40.6 Å². The van der Waals surface area contributed by atoms with Gasteiger partial charge in [0.15, 0.2) is 0 Å². The molecule has 1 atom stereocenters. The van der Waals surface area contributed by atoms with Crippen molar-refractivity contribution in [2.75, 3.05) is 19.1 Å². The van der Waals surface area contributed by atoms with Crippen molar-refractivity contribution in [2.24, 2.45) is 0 Å². The molecule has 0 aromatic heterocycles. The molecule has 0 unspecified atom stereocenters. The van der Waals surface area contributed by atoms with E-state index in [0.29, 0.717) is 17.0 Å². The van der Waals surface area contributed by atoms with Crippen LogP contribution in [0.3, 0.4) is 0 Å². The van der Waals surface area contributed by atoms with E-state index in [4.69, 9.17) is 4.74 Å². The number of rotatable bonds is 8. The Bertz CT molecular complexity index is 1260. The minimum absolute atomic E-state index is 0.00964. The molecule has 8 nitrogen and oxygen atoms in total. The molecule has 3 aromatic rings. The molecule has 0 saturated heterocycles. The van der Waals surface area contributed by atoms with Crippen LogP contribution in [0, 0.1) is 6.92 Å². The molecule has 0 aliphatic heterocycles. The molecule has 0 radical (unpaired) electrons. The summed E-state index contributed by atoms with van der Waals surface area (Å²) in [7, 11) is -1.01. The third kappa shape index (κ3) is 6.14. The van der Waals surface area contributed by atoms with Crippen LogP contribution in [0.4, 0.5) is 10.5 Å². The Kier molecular flexibility index (Phi) is 7.91. The number of methoxy groups -OCH3 is 1. The molecule has 0 bridgehead atoms. The van der Waals surface area contributed by atoms with Crippen LogP contribution in [0.2, 0.25) is 0 Å². The summed E-state index contributed by atoms with van der Waals surface area (Å²) in [6, 6.07) is 20.4. The van der Waals surface area contributed by atoms with Crippen LogP contribution in [0.15, 0.2) is 83.8 Å². The zero-order chi connectivity index (χ0) is 24.7. The van der Waals surface area contributed by atoms with Crippen molar-refractivity contribution >= 4 is 27.6 Å². The molecule has 3 aromatic carbocycles. The molecule has 3 rings (SSSR count). The van der Waals surface area contributed by atoms with Gasteiger partial charge in [-0.15, -0.1) is 0 Å². The number of aryl methyl sites for hydroxylation is 1. The highest BCUT2D eigenvalue weighted by Crippen LogP contribution is 2.21. The van der Waals surface area contributed by atoms with E-state index in [9.17, 15) is 18.0 Å². The van der Waals surface area contributed by atoms with Crippen LogP contribution >= 0.6 is 0 Å². The summed E-state index contributed by atoms with van der Waals surface area (Å²) in [6.45, 7) is 1.64. The minimum atomic E-state index is -4.12. The maximum atomic E-state index is 13.4. The summed E-state index contributed by atoms with van der Waals surface area (Å²) >= 11 is 0. The highest BCUT2D eigenvalue weighted by atomic mass is 32.2. The van der Waals surface area contributed by atoms with Gasteiger partial charge in [-0.05, 0) is 36.2 Å². The SMILES string of the molecule is COc1cccc(N(C)C(=O)[C@H](Cc2ccccc2)NC(=O)NS(=O)(=O)c2ccccc2C)c1. The van der Waals surface area contributed by atoms with Crippen molar-refractivity contribution < 1.29 is 22.7 Å².